The van der Waals surface area contributed by atoms with Gasteiger partial charge < -0.3 is 0 Å². The van der Waals surface area contributed by atoms with Crippen molar-refractivity contribution < 1.29 is 4.79 Å². The maximum atomic E-state index is 13.1. The van der Waals surface area contributed by atoms with Gasteiger partial charge in [0.05, 0.1) is 11.6 Å². The molecule has 33 heavy (non-hydrogen) atoms. The van der Waals surface area contributed by atoms with Gasteiger partial charge in [0.15, 0.2) is 0 Å². The van der Waals surface area contributed by atoms with Crippen LogP contribution >= 0.6 is 0 Å². The van der Waals surface area contributed by atoms with E-state index in [0.29, 0.717) is 0 Å². The van der Waals surface area contributed by atoms with E-state index in [9.17, 15) is 4.79 Å². The van der Waals surface area contributed by atoms with Crippen molar-refractivity contribution in [2.24, 2.45) is 11.0 Å². The van der Waals surface area contributed by atoms with E-state index >= 15 is 0 Å². The highest BCUT2D eigenvalue weighted by molar-refractivity contribution is 6.00. The summed E-state index contributed by atoms with van der Waals surface area (Å²) < 4.78 is 0. The van der Waals surface area contributed by atoms with Gasteiger partial charge >= 0.3 is 0 Å². The van der Waals surface area contributed by atoms with Crippen molar-refractivity contribution in [2.75, 3.05) is 0 Å². The third kappa shape index (κ3) is 4.10. The second kappa shape index (κ2) is 8.87. The van der Waals surface area contributed by atoms with E-state index in [4.69, 9.17) is 0 Å². The number of rotatable bonds is 6. The molecule has 1 aliphatic carbocycles. The van der Waals surface area contributed by atoms with E-state index in [1.54, 1.807) is 0 Å². The topological polar surface area (TPSA) is 41.5 Å². The zero-order chi connectivity index (χ0) is 22.7. The van der Waals surface area contributed by atoms with Gasteiger partial charge in [0.25, 0.3) is 0 Å². The Morgan fingerprint density at radius 2 is 1.21 bits per heavy atom. The Hall–Kier alpha value is -3.98. The minimum atomic E-state index is -0.284. The van der Waals surface area contributed by atoms with Gasteiger partial charge in [-0.05, 0) is 41.2 Å². The Morgan fingerprint density at radius 1 is 0.727 bits per heavy atom. The minimum absolute atomic E-state index is 0.0389. The molecule has 0 heterocycles. The van der Waals surface area contributed by atoms with Gasteiger partial charge in [-0.1, -0.05) is 115 Å². The molecule has 1 amide bonds. The summed E-state index contributed by atoms with van der Waals surface area (Å²) in [7, 11) is 0. The molecule has 4 aromatic carbocycles. The number of benzene rings is 4. The summed E-state index contributed by atoms with van der Waals surface area (Å²) in [5.74, 6) is -0.178. The first-order valence-electron chi connectivity index (χ1n) is 11.3. The molecule has 0 spiro atoms. The third-order valence-electron chi connectivity index (χ3n) is 6.60. The fraction of sp³-hybridized carbons (Fsp3) is 0.133. The highest BCUT2D eigenvalue weighted by Crippen LogP contribution is 2.58. The molecular formula is C30H26N2O. The SMILES string of the molecule is C/C(=N\NC(=O)C1CC1(c1ccccc1)c1ccccc1)c1ccc(-c2ccccc2)cc1. The fourth-order valence-corrected chi connectivity index (χ4v) is 4.67. The number of nitrogens with one attached hydrogen (secondary N) is 1. The quantitative estimate of drug-likeness (QED) is 0.287. The Morgan fingerprint density at radius 3 is 1.76 bits per heavy atom. The van der Waals surface area contributed by atoms with Crippen molar-refractivity contribution in [2.45, 2.75) is 18.8 Å². The molecule has 0 aliphatic heterocycles. The normalized spacial score (nSPS) is 16.8. The van der Waals surface area contributed by atoms with E-state index < -0.39 is 0 Å². The summed E-state index contributed by atoms with van der Waals surface area (Å²) >= 11 is 0. The molecule has 0 aromatic heterocycles. The highest BCUT2D eigenvalue weighted by atomic mass is 16.2. The summed E-state index contributed by atoms with van der Waals surface area (Å²) in [6.07, 6.45) is 0.785. The second-order valence-electron chi connectivity index (χ2n) is 8.58. The minimum Gasteiger partial charge on any atom is -0.273 e. The molecule has 1 N–H and O–H groups in total. The molecule has 0 radical (unpaired) electrons. The molecule has 0 saturated heterocycles. The monoisotopic (exact) mass is 430 g/mol. The van der Waals surface area contributed by atoms with Gasteiger partial charge in [-0.3, -0.25) is 4.79 Å². The average molecular weight is 431 g/mol. The number of carbonyl (C=O) groups is 1. The zero-order valence-electron chi connectivity index (χ0n) is 18.6. The van der Waals surface area contributed by atoms with Crippen LogP contribution in [0.5, 0.6) is 0 Å². The van der Waals surface area contributed by atoms with Crippen LogP contribution in [-0.4, -0.2) is 11.6 Å². The molecule has 3 nitrogen and oxygen atoms in total. The number of amides is 1. The van der Waals surface area contributed by atoms with Crippen LogP contribution in [0.15, 0.2) is 120 Å². The highest BCUT2D eigenvalue weighted by Gasteiger charge is 2.60. The number of hydrogen-bond acceptors (Lipinski definition) is 2. The van der Waals surface area contributed by atoms with E-state index in [1.807, 2.05) is 73.7 Å². The molecule has 162 valence electrons. The molecule has 1 unspecified atom stereocenters. The summed E-state index contributed by atoms with van der Waals surface area (Å²) in [5, 5.41) is 4.43. The van der Waals surface area contributed by atoms with Gasteiger partial charge in [-0.25, -0.2) is 5.43 Å². The van der Waals surface area contributed by atoms with Crippen molar-refractivity contribution >= 4 is 11.6 Å². The lowest BCUT2D eigenvalue weighted by molar-refractivity contribution is -0.122. The first-order chi connectivity index (χ1) is 16.2. The van der Waals surface area contributed by atoms with E-state index in [2.05, 4.69) is 59.1 Å². The number of hydrogen-bond donors (Lipinski definition) is 1. The van der Waals surface area contributed by atoms with Gasteiger partial charge in [-0.15, -0.1) is 0 Å². The molecule has 5 rings (SSSR count). The summed E-state index contributed by atoms with van der Waals surface area (Å²) in [5.41, 5.74) is 9.01. The zero-order valence-corrected chi connectivity index (χ0v) is 18.6. The Kier molecular flexibility index (Phi) is 5.62. The average Bonchev–Trinajstić information content (AvgIpc) is 3.66. The van der Waals surface area contributed by atoms with Crippen LogP contribution in [0.4, 0.5) is 0 Å². The first kappa shape index (κ1) is 20.9. The lowest BCUT2D eigenvalue weighted by Crippen LogP contribution is -2.26. The predicted octanol–water partition coefficient (Wildman–Crippen LogP) is 6.20. The fourth-order valence-electron chi connectivity index (χ4n) is 4.67. The smallest absolute Gasteiger partial charge is 0.244 e. The summed E-state index contributed by atoms with van der Waals surface area (Å²) in [6, 6.07) is 39.2. The number of carbonyl (C=O) groups excluding carboxylic acids is 1. The summed E-state index contributed by atoms with van der Waals surface area (Å²) in [6.45, 7) is 1.92. The molecular weight excluding hydrogens is 404 g/mol. The molecule has 1 saturated carbocycles. The van der Waals surface area contributed by atoms with E-state index in [0.717, 1.165) is 23.3 Å². The third-order valence-corrected chi connectivity index (χ3v) is 6.60. The predicted molar refractivity (Wildman–Crippen MR) is 134 cm³/mol. The Bertz CT molecular complexity index is 1220. The van der Waals surface area contributed by atoms with Crippen LogP contribution in [0.1, 0.15) is 30.0 Å². The lowest BCUT2D eigenvalue weighted by atomic mass is 9.85. The van der Waals surface area contributed by atoms with Crippen LogP contribution in [0.3, 0.4) is 0 Å². The molecule has 1 fully saturated rings. The first-order valence-corrected chi connectivity index (χ1v) is 11.3. The van der Waals surface area contributed by atoms with Crippen LogP contribution in [0, 0.1) is 5.92 Å². The van der Waals surface area contributed by atoms with Crippen molar-refractivity contribution in [1.82, 2.24) is 5.43 Å². The van der Waals surface area contributed by atoms with Crippen molar-refractivity contribution in [3.8, 4) is 11.1 Å². The van der Waals surface area contributed by atoms with Gasteiger partial charge in [0, 0.05) is 5.41 Å². The maximum Gasteiger partial charge on any atom is 0.244 e. The molecule has 4 aromatic rings. The molecule has 1 atom stereocenters. The van der Waals surface area contributed by atoms with Gasteiger partial charge in [0.2, 0.25) is 5.91 Å². The Balaban J connectivity index is 1.32. The number of nitrogens with zero attached hydrogens (tertiary/aromatic N) is 1. The second-order valence-corrected chi connectivity index (χ2v) is 8.58. The Labute approximate surface area is 194 Å². The van der Waals surface area contributed by atoms with Gasteiger partial charge in [0.1, 0.15) is 0 Å². The number of hydrazone groups is 1. The maximum absolute atomic E-state index is 13.1. The van der Waals surface area contributed by atoms with Crippen LogP contribution in [-0.2, 0) is 10.2 Å². The van der Waals surface area contributed by atoms with Crippen molar-refractivity contribution in [3.63, 3.8) is 0 Å². The van der Waals surface area contributed by atoms with E-state index in [-0.39, 0.29) is 17.2 Å². The van der Waals surface area contributed by atoms with Crippen molar-refractivity contribution in [1.29, 1.82) is 0 Å². The van der Waals surface area contributed by atoms with Crippen LogP contribution < -0.4 is 5.43 Å². The molecule has 0 bridgehead atoms. The lowest BCUT2D eigenvalue weighted by Gasteiger charge is -2.18. The van der Waals surface area contributed by atoms with Crippen LogP contribution in [0.25, 0.3) is 11.1 Å². The van der Waals surface area contributed by atoms with Crippen LogP contribution in [0.2, 0.25) is 0 Å². The van der Waals surface area contributed by atoms with Crippen molar-refractivity contribution in [3.05, 3.63) is 132 Å². The molecule has 1 aliphatic rings. The summed E-state index contributed by atoms with van der Waals surface area (Å²) in [4.78, 5) is 13.1. The van der Waals surface area contributed by atoms with E-state index in [1.165, 1.54) is 16.7 Å². The largest absolute Gasteiger partial charge is 0.273 e. The van der Waals surface area contributed by atoms with Gasteiger partial charge in [-0.2, -0.15) is 5.10 Å². The molecule has 3 heteroatoms. The standard InChI is InChI=1S/C30H26N2O/c1-22(23-17-19-25(20-18-23)24-11-5-2-6-12-24)31-32-29(33)28-21-30(28,26-13-7-3-8-14-26)27-15-9-4-10-16-27/h2-20,28H,21H2,1H3,(H,32,33)/b31-22+.